The molecule has 0 aromatic heterocycles. The molecule has 4 aromatic rings. The first-order chi connectivity index (χ1) is 29.7. The quantitative estimate of drug-likeness (QED) is 0.0702. The van der Waals surface area contributed by atoms with E-state index in [4.69, 9.17) is 42.6 Å². The predicted molar refractivity (Wildman–Crippen MR) is 230 cm³/mol. The third-order valence-electron chi connectivity index (χ3n) is 9.22. The zero-order valence-corrected chi connectivity index (χ0v) is 36.6. The van der Waals surface area contributed by atoms with Gasteiger partial charge in [0.1, 0.15) is 48.0 Å². The lowest BCUT2D eigenvalue weighted by atomic mass is 9.97. The van der Waals surface area contributed by atoms with Crippen molar-refractivity contribution in [2.24, 2.45) is 0 Å². The number of esters is 1. The minimum absolute atomic E-state index is 0.0375. The average Bonchev–Trinajstić information content (AvgIpc) is 3.23. The number of methoxy groups -OCH3 is 1. The van der Waals surface area contributed by atoms with Crippen LogP contribution in [0.2, 0.25) is 0 Å². The van der Waals surface area contributed by atoms with Crippen LogP contribution in [0.1, 0.15) is 63.8 Å². The summed E-state index contributed by atoms with van der Waals surface area (Å²) in [5.41, 5.74) is 1.86. The van der Waals surface area contributed by atoms with E-state index in [1.165, 1.54) is 0 Å². The van der Waals surface area contributed by atoms with Crippen molar-refractivity contribution in [3.63, 3.8) is 0 Å². The predicted octanol–water partition coefficient (Wildman–Crippen LogP) is 7.65. The number of carbonyl (C=O) groups excluding carboxylic acids is 3. The van der Waals surface area contributed by atoms with Crippen LogP contribution in [-0.4, -0.2) is 86.4 Å². The molecule has 6 atom stereocenters. The number of amides is 2. The molecule has 14 heteroatoms. The Hall–Kier alpha value is -5.51. The van der Waals surface area contributed by atoms with Crippen molar-refractivity contribution in [2.75, 3.05) is 20.3 Å². The second kappa shape index (κ2) is 23.1. The largest absolute Gasteiger partial charge is 0.497 e. The van der Waals surface area contributed by atoms with Gasteiger partial charge in [0.2, 0.25) is 0 Å². The van der Waals surface area contributed by atoms with E-state index >= 15 is 0 Å². The Bertz CT molecular complexity index is 1950. The molecule has 334 valence electrons. The fourth-order valence-electron chi connectivity index (χ4n) is 6.36. The number of rotatable bonds is 19. The molecule has 1 aliphatic rings. The van der Waals surface area contributed by atoms with Crippen molar-refractivity contribution in [2.45, 2.75) is 116 Å². The molecule has 1 saturated heterocycles. The van der Waals surface area contributed by atoms with Crippen molar-refractivity contribution in [1.82, 2.24) is 10.6 Å². The second-order valence-corrected chi connectivity index (χ2v) is 16.7. The summed E-state index contributed by atoms with van der Waals surface area (Å²) in [6.45, 7) is 10.3. The van der Waals surface area contributed by atoms with Crippen LogP contribution in [0.15, 0.2) is 115 Å². The Morgan fingerprint density at radius 3 is 1.58 bits per heavy atom. The molecule has 1 aliphatic heterocycles. The number of benzene rings is 4. The van der Waals surface area contributed by atoms with Crippen LogP contribution >= 0.6 is 0 Å². The molecule has 0 radical (unpaired) electrons. The van der Waals surface area contributed by atoms with Crippen LogP contribution in [0.25, 0.3) is 0 Å². The van der Waals surface area contributed by atoms with E-state index in [1.807, 2.05) is 115 Å². The number of hydrogen-bond donors (Lipinski definition) is 2. The molecule has 4 aromatic carbocycles. The summed E-state index contributed by atoms with van der Waals surface area (Å²) < 4.78 is 54.8. The van der Waals surface area contributed by atoms with Gasteiger partial charge in [-0.05, 0) is 75.9 Å². The van der Waals surface area contributed by atoms with Gasteiger partial charge < -0.3 is 47.9 Å². The van der Waals surface area contributed by atoms with E-state index in [-0.39, 0.29) is 33.0 Å². The highest BCUT2D eigenvalue weighted by molar-refractivity contribution is 5.82. The molecular weight excluding hydrogens is 797 g/mol. The molecule has 5 rings (SSSR count). The van der Waals surface area contributed by atoms with E-state index in [9.17, 15) is 14.4 Å². The van der Waals surface area contributed by atoms with Gasteiger partial charge in [-0.1, -0.05) is 103 Å². The lowest BCUT2D eigenvalue weighted by molar-refractivity contribution is -0.276. The van der Waals surface area contributed by atoms with Gasteiger partial charge in [-0.2, -0.15) is 0 Å². The monoisotopic (exact) mass is 856 g/mol. The van der Waals surface area contributed by atoms with E-state index in [0.29, 0.717) is 0 Å². The fourth-order valence-corrected chi connectivity index (χ4v) is 6.36. The Morgan fingerprint density at radius 1 is 0.597 bits per heavy atom. The van der Waals surface area contributed by atoms with Crippen molar-refractivity contribution in [3.05, 3.63) is 138 Å². The van der Waals surface area contributed by atoms with E-state index in [1.54, 1.807) is 48.7 Å². The molecule has 1 fully saturated rings. The standard InChI is InChI=1S/C48H60N2O12/c1-47(2,3)61-44(51)38(49-46(53)62-48(4,5)6)31-59-45(52)50-43-42(58-30-35-21-15-10-16-22-35)41(57-29-34-19-13-9-14-20-34)40(56-28-33-17-11-8-12-18-33)39(60-43)32-55-27-36-23-25-37(54-7)26-24-36/h8-26,38-43H,27-32H2,1-7H3,(H,49,53)(H,50,52)/t38-,39+,40+,41-,42+,43+/m0/s1. The minimum Gasteiger partial charge on any atom is -0.497 e. The molecule has 2 amide bonds. The molecule has 0 unspecified atom stereocenters. The maximum Gasteiger partial charge on any atom is 0.409 e. The van der Waals surface area contributed by atoms with Gasteiger partial charge in [0.15, 0.2) is 12.3 Å². The van der Waals surface area contributed by atoms with Crippen LogP contribution in [0.4, 0.5) is 9.59 Å². The Kier molecular flexibility index (Phi) is 17.7. The van der Waals surface area contributed by atoms with E-state index in [0.717, 1.165) is 28.0 Å². The summed E-state index contributed by atoms with van der Waals surface area (Å²) in [7, 11) is 1.61. The highest BCUT2D eigenvalue weighted by Crippen LogP contribution is 2.31. The number of carbonyl (C=O) groups is 3. The zero-order valence-electron chi connectivity index (χ0n) is 36.6. The van der Waals surface area contributed by atoms with Crippen LogP contribution in [-0.2, 0) is 69.1 Å². The van der Waals surface area contributed by atoms with Crippen molar-refractivity contribution < 1.29 is 57.0 Å². The molecule has 0 spiro atoms. The van der Waals surface area contributed by atoms with Crippen LogP contribution in [0.5, 0.6) is 5.75 Å². The third-order valence-corrected chi connectivity index (χ3v) is 9.22. The first-order valence-corrected chi connectivity index (χ1v) is 20.6. The lowest BCUT2D eigenvalue weighted by Gasteiger charge is -2.46. The highest BCUT2D eigenvalue weighted by atomic mass is 16.6. The molecular formula is C48H60N2O12. The molecule has 14 nitrogen and oxygen atoms in total. The normalized spacial score (nSPS) is 19.4. The fraction of sp³-hybridized carbons (Fsp3) is 0.438. The van der Waals surface area contributed by atoms with Gasteiger partial charge in [0, 0.05) is 0 Å². The van der Waals surface area contributed by atoms with Gasteiger partial charge in [0.25, 0.3) is 0 Å². The van der Waals surface area contributed by atoms with Crippen molar-refractivity contribution >= 4 is 18.2 Å². The van der Waals surface area contributed by atoms with Gasteiger partial charge in [0.05, 0.1) is 40.1 Å². The summed E-state index contributed by atoms with van der Waals surface area (Å²) in [4.78, 5) is 39.8. The van der Waals surface area contributed by atoms with Crippen molar-refractivity contribution in [3.8, 4) is 5.75 Å². The van der Waals surface area contributed by atoms with E-state index < -0.39 is 72.7 Å². The third kappa shape index (κ3) is 16.1. The maximum absolute atomic E-state index is 13.8. The van der Waals surface area contributed by atoms with Crippen LogP contribution < -0.4 is 15.4 Å². The first-order valence-electron chi connectivity index (χ1n) is 20.6. The van der Waals surface area contributed by atoms with Crippen molar-refractivity contribution in [1.29, 1.82) is 0 Å². The maximum atomic E-state index is 13.8. The molecule has 0 aliphatic carbocycles. The highest BCUT2D eigenvalue weighted by Gasteiger charge is 2.49. The summed E-state index contributed by atoms with van der Waals surface area (Å²) >= 11 is 0. The number of ether oxygens (including phenoxy) is 9. The van der Waals surface area contributed by atoms with E-state index in [2.05, 4.69) is 10.6 Å². The summed E-state index contributed by atoms with van der Waals surface area (Å²) in [6, 6.07) is 35.1. The van der Waals surface area contributed by atoms with Crippen LogP contribution in [0, 0.1) is 0 Å². The molecule has 62 heavy (non-hydrogen) atoms. The van der Waals surface area contributed by atoms with Gasteiger partial charge in [-0.25, -0.2) is 14.4 Å². The molecule has 0 saturated carbocycles. The topological polar surface area (TPSA) is 158 Å². The molecule has 0 bridgehead atoms. The summed E-state index contributed by atoms with van der Waals surface area (Å²) in [5, 5.41) is 5.27. The SMILES string of the molecule is COc1ccc(COC[C@H]2O[C@@H](NC(=O)OC[C@H](NC(=O)OC(C)(C)C)C(=O)OC(C)(C)C)[C@H](OCc3ccccc3)[C@@H](OCc3ccccc3)[C@@H]2OCc2ccccc2)cc1. The first kappa shape index (κ1) is 47.5. The smallest absolute Gasteiger partial charge is 0.409 e. The molecule has 2 N–H and O–H groups in total. The Morgan fingerprint density at radius 2 is 1.08 bits per heavy atom. The summed E-state index contributed by atoms with van der Waals surface area (Å²) in [5.74, 6) is -0.103. The number of hydrogen-bond acceptors (Lipinski definition) is 12. The molecule has 1 heterocycles. The van der Waals surface area contributed by atoms with Gasteiger partial charge >= 0.3 is 18.2 Å². The Labute approximate surface area is 364 Å². The zero-order chi connectivity index (χ0) is 44.5. The second-order valence-electron chi connectivity index (χ2n) is 16.7. The summed E-state index contributed by atoms with van der Waals surface area (Å²) in [6.07, 6.45) is -6.41. The number of alkyl carbamates (subject to hydrolysis) is 2. The number of nitrogens with one attached hydrogen (secondary N) is 2. The average molecular weight is 857 g/mol. The lowest BCUT2D eigenvalue weighted by Crippen LogP contribution is -2.65. The van der Waals surface area contributed by atoms with Gasteiger partial charge in [-0.3, -0.25) is 5.32 Å². The Balaban J connectivity index is 1.44. The van der Waals surface area contributed by atoms with Crippen LogP contribution in [0.3, 0.4) is 0 Å². The minimum atomic E-state index is -1.40. The van der Waals surface area contributed by atoms with Gasteiger partial charge in [-0.15, -0.1) is 0 Å².